The first-order chi connectivity index (χ1) is 8.70. The largest absolute Gasteiger partial charge is 0.497 e. The Bertz CT molecular complexity index is 482. The van der Waals surface area contributed by atoms with Crippen molar-refractivity contribution in [1.82, 2.24) is 0 Å². The highest BCUT2D eigenvalue weighted by atomic mass is 16.5. The summed E-state index contributed by atoms with van der Waals surface area (Å²) in [5.74, 6) is 1.12. The van der Waals surface area contributed by atoms with Gasteiger partial charge in [-0.2, -0.15) is 0 Å². The molecule has 0 bridgehead atoms. The van der Waals surface area contributed by atoms with Crippen molar-refractivity contribution < 1.29 is 14.6 Å². The van der Waals surface area contributed by atoms with Gasteiger partial charge in [0.2, 0.25) is 5.91 Å². The number of aliphatic hydroxyl groups is 1. The molecule has 1 heterocycles. The van der Waals surface area contributed by atoms with Gasteiger partial charge < -0.3 is 14.7 Å². The van der Waals surface area contributed by atoms with E-state index in [0.29, 0.717) is 18.7 Å². The average molecular weight is 247 g/mol. The van der Waals surface area contributed by atoms with Gasteiger partial charge in [0.25, 0.3) is 0 Å². The van der Waals surface area contributed by atoms with Crippen LogP contribution in [0.15, 0.2) is 18.2 Å². The Kier molecular flexibility index (Phi) is 2.74. The second-order valence-electron chi connectivity index (χ2n) is 4.99. The van der Waals surface area contributed by atoms with Crippen molar-refractivity contribution in [1.29, 1.82) is 0 Å². The van der Waals surface area contributed by atoms with Gasteiger partial charge in [-0.25, -0.2) is 0 Å². The van der Waals surface area contributed by atoms with Crippen molar-refractivity contribution in [3.8, 4) is 5.75 Å². The molecule has 1 aromatic carbocycles. The molecule has 4 nitrogen and oxygen atoms in total. The minimum absolute atomic E-state index is 0.202. The number of nitrogens with zero attached hydrogens (tertiary/aromatic N) is 1. The fraction of sp³-hybridized carbons (Fsp3) is 0.500. The third kappa shape index (κ3) is 1.86. The Morgan fingerprint density at radius 3 is 2.83 bits per heavy atom. The number of hydrogen-bond acceptors (Lipinski definition) is 3. The number of amides is 1. The highest BCUT2D eigenvalue weighted by Crippen LogP contribution is 2.39. The van der Waals surface area contributed by atoms with Crippen LogP contribution in [0.5, 0.6) is 5.75 Å². The van der Waals surface area contributed by atoms with Crippen LogP contribution in [0.3, 0.4) is 0 Å². The Balaban J connectivity index is 1.97. The van der Waals surface area contributed by atoms with Crippen LogP contribution in [0.1, 0.15) is 30.9 Å². The first-order valence-electron chi connectivity index (χ1n) is 6.38. The molecule has 1 aromatic rings. The smallest absolute Gasteiger partial charge is 0.230 e. The fourth-order valence-electron chi connectivity index (χ4n) is 2.48. The van der Waals surface area contributed by atoms with E-state index in [1.165, 1.54) is 0 Å². The van der Waals surface area contributed by atoms with Crippen molar-refractivity contribution in [2.24, 2.45) is 5.92 Å². The lowest BCUT2D eigenvalue weighted by Gasteiger charge is -2.32. The van der Waals surface area contributed by atoms with Crippen molar-refractivity contribution in [2.75, 3.05) is 18.6 Å². The summed E-state index contributed by atoms with van der Waals surface area (Å²) < 4.78 is 5.17. The summed E-state index contributed by atoms with van der Waals surface area (Å²) in [5, 5.41) is 10.0. The Morgan fingerprint density at radius 1 is 1.39 bits per heavy atom. The number of carbonyl (C=O) groups is 1. The number of methoxy groups -OCH3 is 1. The predicted molar refractivity (Wildman–Crippen MR) is 67.6 cm³/mol. The topological polar surface area (TPSA) is 49.8 Å². The Morgan fingerprint density at radius 2 is 2.17 bits per heavy atom. The van der Waals surface area contributed by atoms with Gasteiger partial charge in [-0.3, -0.25) is 4.79 Å². The number of rotatable bonds is 2. The molecule has 18 heavy (non-hydrogen) atoms. The summed E-state index contributed by atoms with van der Waals surface area (Å²) >= 11 is 0. The Hall–Kier alpha value is -1.55. The number of anilines is 1. The standard InChI is InChI=1S/C14H17NO3/c1-18-10-4-5-12-11(8-10)13(16)6-7-15(12)14(17)9-2-3-9/h4-5,8-9,13,16H,2-3,6-7H2,1H3. The highest BCUT2D eigenvalue weighted by Gasteiger charge is 2.37. The third-order valence-corrected chi connectivity index (χ3v) is 3.70. The van der Waals surface area contributed by atoms with E-state index in [1.807, 2.05) is 23.1 Å². The molecule has 2 aliphatic rings. The zero-order chi connectivity index (χ0) is 12.7. The maximum Gasteiger partial charge on any atom is 0.230 e. The fourth-order valence-corrected chi connectivity index (χ4v) is 2.48. The summed E-state index contributed by atoms with van der Waals surface area (Å²) in [6, 6.07) is 5.53. The minimum Gasteiger partial charge on any atom is -0.497 e. The molecule has 1 unspecified atom stereocenters. The number of benzene rings is 1. The van der Waals surface area contributed by atoms with E-state index < -0.39 is 6.10 Å². The van der Waals surface area contributed by atoms with E-state index in [1.54, 1.807) is 7.11 Å². The van der Waals surface area contributed by atoms with Gasteiger partial charge >= 0.3 is 0 Å². The molecule has 1 saturated carbocycles. The summed E-state index contributed by atoms with van der Waals surface area (Å²) in [7, 11) is 1.60. The molecule has 1 aliphatic heterocycles. The predicted octanol–water partition coefficient (Wildman–Crippen LogP) is 1.88. The molecule has 1 N–H and O–H groups in total. The van der Waals surface area contributed by atoms with E-state index in [2.05, 4.69) is 0 Å². The van der Waals surface area contributed by atoms with E-state index >= 15 is 0 Å². The summed E-state index contributed by atoms with van der Waals surface area (Å²) in [6.07, 6.45) is 2.10. The van der Waals surface area contributed by atoms with Gasteiger partial charge in [-0.05, 0) is 37.5 Å². The lowest BCUT2D eigenvalue weighted by Crippen LogP contribution is -2.37. The number of ether oxygens (including phenoxy) is 1. The van der Waals surface area contributed by atoms with Crippen LogP contribution in [0.4, 0.5) is 5.69 Å². The lowest BCUT2D eigenvalue weighted by atomic mass is 9.98. The second kappa shape index (κ2) is 4.28. The van der Waals surface area contributed by atoms with Crippen LogP contribution in [0.25, 0.3) is 0 Å². The molecule has 1 amide bonds. The normalized spacial score (nSPS) is 22.6. The van der Waals surface area contributed by atoms with Crippen LogP contribution in [-0.2, 0) is 4.79 Å². The molecule has 1 atom stereocenters. The average Bonchev–Trinajstić information content (AvgIpc) is 3.22. The lowest BCUT2D eigenvalue weighted by molar-refractivity contribution is -0.120. The molecule has 0 aromatic heterocycles. The van der Waals surface area contributed by atoms with Gasteiger partial charge in [-0.1, -0.05) is 0 Å². The van der Waals surface area contributed by atoms with Crippen molar-refractivity contribution in [2.45, 2.75) is 25.4 Å². The van der Waals surface area contributed by atoms with Crippen molar-refractivity contribution in [3.05, 3.63) is 23.8 Å². The first-order valence-corrected chi connectivity index (χ1v) is 6.38. The maximum atomic E-state index is 12.2. The third-order valence-electron chi connectivity index (χ3n) is 3.70. The summed E-state index contributed by atoms with van der Waals surface area (Å²) in [6.45, 7) is 0.607. The molecule has 0 saturated heterocycles. The van der Waals surface area contributed by atoms with E-state index in [4.69, 9.17) is 4.74 Å². The molecule has 0 spiro atoms. The van der Waals surface area contributed by atoms with Crippen LogP contribution >= 0.6 is 0 Å². The zero-order valence-electron chi connectivity index (χ0n) is 10.4. The zero-order valence-corrected chi connectivity index (χ0v) is 10.4. The van der Waals surface area contributed by atoms with Gasteiger partial charge in [0.1, 0.15) is 5.75 Å². The molecular formula is C14H17NO3. The molecular weight excluding hydrogens is 230 g/mol. The SMILES string of the molecule is COc1ccc2c(c1)C(O)CCN2C(=O)C1CC1. The molecule has 1 aliphatic carbocycles. The van der Waals surface area contributed by atoms with Gasteiger partial charge in [-0.15, -0.1) is 0 Å². The number of fused-ring (bicyclic) bond motifs is 1. The number of aliphatic hydroxyl groups excluding tert-OH is 1. The molecule has 96 valence electrons. The monoisotopic (exact) mass is 247 g/mol. The minimum atomic E-state index is -0.502. The maximum absolute atomic E-state index is 12.2. The quantitative estimate of drug-likeness (QED) is 0.868. The summed E-state index contributed by atoms with van der Waals surface area (Å²) in [4.78, 5) is 14.0. The highest BCUT2D eigenvalue weighted by molar-refractivity contribution is 5.97. The molecule has 4 heteroatoms. The Labute approximate surface area is 106 Å². The van der Waals surface area contributed by atoms with Gasteiger partial charge in [0, 0.05) is 23.7 Å². The molecule has 0 radical (unpaired) electrons. The van der Waals surface area contributed by atoms with Gasteiger partial charge in [0.15, 0.2) is 0 Å². The van der Waals surface area contributed by atoms with Gasteiger partial charge in [0.05, 0.1) is 13.2 Å². The second-order valence-corrected chi connectivity index (χ2v) is 4.99. The van der Waals surface area contributed by atoms with Crippen LogP contribution in [-0.4, -0.2) is 24.7 Å². The first kappa shape index (κ1) is 11.5. The van der Waals surface area contributed by atoms with Crippen molar-refractivity contribution >= 4 is 11.6 Å². The van der Waals surface area contributed by atoms with Crippen LogP contribution < -0.4 is 9.64 Å². The number of hydrogen-bond donors (Lipinski definition) is 1. The van der Waals surface area contributed by atoms with Crippen molar-refractivity contribution in [3.63, 3.8) is 0 Å². The number of carbonyl (C=O) groups excluding carboxylic acids is 1. The van der Waals surface area contributed by atoms with Crippen LogP contribution in [0, 0.1) is 5.92 Å². The van der Waals surface area contributed by atoms with E-state index in [9.17, 15) is 9.90 Å². The summed E-state index contributed by atoms with van der Waals surface area (Å²) in [5.41, 5.74) is 1.64. The van der Waals surface area contributed by atoms with E-state index in [-0.39, 0.29) is 11.8 Å². The van der Waals surface area contributed by atoms with E-state index in [0.717, 1.165) is 24.1 Å². The molecule has 1 fully saturated rings. The van der Waals surface area contributed by atoms with Crippen LogP contribution in [0.2, 0.25) is 0 Å². The molecule has 3 rings (SSSR count).